The second kappa shape index (κ2) is 7.46. The number of hydrogen-bond acceptors (Lipinski definition) is 2. The van der Waals surface area contributed by atoms with Crippen LogP contribution in [0.1, 0.15) is 0 Å². The molecule has 0 radical (unpaired) electrons. The maximum Gasteiger partial charge on any atom is 0.231 e. The molecule has 0 aromatic carbocycles. The molecule has 0 aliphatic heterocycles. The van der Waals surface area contributed by atoms with E-state index in [2.05, 4.69) is 4.72 Å². The Labute approximate surface area is 66.2 Å². The van der Waals surface area contributed by atoms with Gasteiger partial charge in [-0.25, -0.2) is 8.93 Å². The highest BCUT2D eigenvalue weighted by Crippen LogP contribution is 1.96. The minimum absolute atomic E-state index is 0.340. The molecule has 0 spiro atoms. The average Bonchev–Trinajstić information content (AvgIpc) is 1.87. The van der Waals surface area contributed by atoms with Gasteiger partial charge in [0, 0.05) is 18.1 Å². The lowest BCUT2D eigenvalue weighted by atomic mass is 10.8. The van der Waals surface area contributed by atoms with Crippen LogP contribution < -0.4 is 4.72 Å². The van der Waals surface area contributed by atoms with E-state index < -0.39 is 11.3 Å². The van der Waals surface area contributed by atoms with Crippen molar-refractivity contribution in [3.8, 4) is 0 Å². The van der Waals surface area contributed by atoms with Gasteiger partial charge in [-0.05, 0) is 0 Å². The highest BCUT2D eigenvalue weighted by Gasteiger charge is 1.91. The van der Waals surface area contributed by atoms with Crippen molar-refractivity contribution in [2.45, 2.75) is 0 Å². The maximum atomic E-state index is 11.4. The highest BCUT2D eigenvalue weighted by molar-refractivity contribution is 7.99. The zero-order valence-corrected chi connectivity index (χ0v) is 7.01. The van der Waals surface area contributed by atoms with E-state index in [9.17, 15) is 8.60 Å². The van der Waals surface area contributed by atoms with Crippen LogP contribution >= 0.6 is 11.8 Å². The molecule has 0 aliphatic carbocycles. The Morgan fingerprint density at radius 1 is 1.60 bits per heavy atom. The zero-order chi connectivity index (χ0) is 7.82. The Balaban J connectivity index is 2.84. The molecule has 10 heavy (non-hydrogen) atoms. The van der Waals surface area contributed by atoms with Gasteiger partial charge in [-0.1, -0.05) is 0 Å². The summed E-state index contributed by atoms with van der Waals surface area (Å²) in [5.74, 6) is 1.12. The maximum absolute atomic E-state index is 11.4. The summed E-state index contributed by atoms with van der Waals surface area (Å²) in [6.45, 7) is 0.0979. The van der Waals surface area contributed by atoms with E-state index in [0.717, 1.165) is 0 Å². The van der Waals surface area contributed by atoms with E-state index in [-0.39, 0.29) is 6.67 Å². The first kappa shape index (κ1) is 10.3. The van der Waals surface area contributed by atoms with Crippen LogP contribution in [-0.2, 0) is 11.3 Å². The van der Waals surface area contributed by atoms with Crippen LogP contribution in [0, 0.1) is 0 Å². The largest absolute Gasteiger partial charge is 0.294 e. The van der Waals surface area contributed by atoms with Crippen LogP contribution in [0.2, 0.25) is 0 Å². The van der Waals surface area contributed by atoms with Crippen molar-refractivity contribution in [2.24, 2.45) is 0 Å². The first-order valence-electron chi connectivity index (χ1n) is 2.75. The number of nitrogens with one attached hydrogen (secondary N) is 1. The van der Waals surface area contributed by atoms with Crippen molar-refractivity contribution in [3.05, 3.63) is 0 Å². The van der Waals surface area contributed by atoms with E-state index in [1.807, 2.05) is 0 Å². The molecule has 6 heteroatoms. The fourth-order valence-electron chi connectivity index (χ4n) is 0.358. The molecule has 3 nitrogen and oxygen atoms in total. The molecule has 1 atom stereocenters. The molecule has 2 N–H and O–H groups in total. The van der Waals surface area contributed by atoms with Gasteiger partial charge in [0.15, 0.2) is 0 Å². The van der Waals surface area contributed by atoms with Crippen LogP contribution in [0.5, 0.6) is 0 Å². The van der Waals surface area contributed by atoms with Crippen molar-refractivity contribution in [2.75, 3.05) is 24.7 Å². The van der Waals surface area contributed by atoms with Gasteiger partial charge >= 0.3 is 0 Å². The zero-order valence-electron chi connectivity index (χ0n) is 5.38. The SMILES string of the molecule is O=S(O)NCCSCCF. The van der Waals surface area contributed by atoms with Gasteiger partial charge < -0.3 is 0 Å². The van der Waals surface area contributed by atoms with E-state index >= 15 is 0 Å². The average molecular weight is 187 g/mol. The predicted molar refractivity (Wildman–Crippen MR) is 42.1 cm³/mol. The van der Waals surface area contributed by atoms with E-state index in [1.54, 1.807) is 0 Å². The third-order valence-electron chi connectivity index (χ3n) is 0.693. The summed E-state index contributed by atoms with van der Waals surface area (Å²) in [6.07, 6.45) is 0. The number of halogens is 1. The lowest BCUT2D eigenvalue weighted by Gasteiger charge is -1.97. The first-order valence-corrected chi connectivity index (χ1v) is 5.01. The smallest absolute Gasteiger partial charge is 0.231 e. The molecule has 0 fully saturated rings. The topological polar surface area (TPSA) is 49.3 Å². The second-order valence-corrected chi connectivity index (χ2v) is 3.46. The predicted octanol–water partition coefficient (Wildman–Crippen LogP) is 0.415. The fraction of sp³-hybridized carbons (Fsp3) is 1.00. The summed E-state index contributed by atoms with van der Waals surface area (Å²) in [4.78, 5) is 0. The van der Waals surface area contributed by atoms with Crippen LogP contribution in [0.25, 0.3) is 0 Å². The van der Waals surface area contributed by atoms with Crippen LogP contribution in [0.4, 0.5) is 4.39 Å². The Morgan fingerprint density at radius 3 is 2.80 bits per heavy atom. The first-order chi connectivity index (χ1) is 4.77. The molecule has 0 amide bonds. The minimum Gasteiger partial charge on any atom is -0.294 e. The van der Waals surface area contributed by atoms with Gasteiger partial charge in [0.2, 0.25) is 11.3 Å². The molecule has 0 bridgehead atoms. The monoisotopic (exact) mass is 187 g/mol. The Morgan fingerprint density at radius 2 is 2.30 bits per heavy atom. The van der Waals surface area contributed by atoms with Gasteiger partial charge in [-0.15, -0.1) is 0 Å². The molecule has 0 rings (SSSR count). The van der Waals surface area contributed by atoms with Crippen molar-refractivity contribution in [1.82, 2.24) is 4.72 Å². The summed E-state index contributed by atoms with van der Waals surface area (Å²) in [7, 11) is 0. The molecule has 0 aromatic heterocycles. The van der Waals surface area contributed by atoms with E-state index in [1.165, 1.54) is 11.8 Å². The Hall–Kier alpha value is 0.350. The summed E-state index contributed by atoms with van der Waals surface area (Å²) in [6, 6.07) is 0. The van der Waals surface area contributed by atoms with Crippen molar-refractivity contribution in [1.29, 1.82) is 0 Å². The molecule has 1 unspecified atom stereocenters. The van der Waals surface area contributed by atoms with Crippen molar-refractivity contribution in [3.63, 3.8) is 0 Å². The lowest BCUT2D eigenvalue weighted by molar-refractivity contribution is 0.533. The lowest BCUT2D eigenvalue weighted by Crippen LogP contribution is -2.19. The number of hydrogen-bond donors (Lipinski definition) is 2. The summed E-state index contributed by atoms with van der Waals surface area (Å²) in [5, 5.41) is 0. The van der Waals surface area contributed by atoms with Gasteiger partial charge in [0.05, 0.1) is 6.67 Å². The standard InChI is InChI=1S/C4H10FNO2S2/c5-1-3-9-4-2-6-10(7)8/h6H,1-4H2,(H,7,8). The summed E-state index contributed by atoms with van der Waals surface area (Å²) < 4.78 is 31.9. The molecule has 62 valence electrons. The Bertz CT molecular complexity index is 103. The van der Waals surface area contributed by atoms with Gasteiger partial charge in [-0.3, -0.25) is 8.94 Å². The molecule has 0 saturated heterocycles. The summed E-state index contributed by atoms with van der Waals surface area (Å²) >= 11 is -0.516. The quantitative estimate of drug-likeness (QED) is 0.468. The fourth-order valence-corrected chi connectivity index (χ4v) is 1.32. The van der Waals surface area contributed by atoms with Gasteiger partial charge in [0.1, 0.15) is 0 Å². The van der Waals surface area contributed by atoms with E-state index in [4.69, 9.17) is 4.55 Å². The third kappa shape index (κ3) is 8.35. The van der Waals surface area contributed by atoms with Crippen LogP contribution in [-0.4, -0.2) is 33.5 Å². The number of thioether (sulfide) groups is 1. The second-order valence-electron chi connectivity index (χ2n) is 1.44. The Kier molecular flexibility index (Phi) is 7.72. The van der Waals surface area contributed by atoms with Crippen LogP contribution in [0.15, 0.2) is 0 Å². The van der Waals surface area contributed by atoms with Gasteiger partial charge in [0.25, 0.3) is 0 Å². The summed E-state index contributed by atoms with van der Waals surface area (Å²) in [5.41, 5.74) is 0. The van der Waals surface area contributed by atoms with Crippen LogP contribution in [0.3, 0.4) is 0 Å². The van der Waals surface area contributed by atoms with E-state index in [0.29, 0.717) is 18.1 Å². The molecule has 0 aromatic rings. The molecule has 0 aliphatic rings. The highest BCUT2D eigenvalue weighted by atomic mass is 32.2. The minimum atomic E-state index is -1.93. The van der Waals surface area contributed by atoms with Gasteiger partial charge in [-0.2, -0.15) is 11.8 Å². The molecule has 0 heterocycles. The van der Waals surface area contributed by atoms with Crippen molar-refractivity contribution < 1.29 is 13.2 Å². The number of alkyl halides is 1. The third-order valence-corrected chi connectivity index (χ3v) is 2.08. The molecular weight excluding hydrogens is 177 g/mol. The normalized spacial score (nSPS) is 13.4. The number of rotatable bonds is 6. The van der Waals surface area contributed by atoms with Crippen molar-refractivity contribution >= 4 is 23.0 Å². The molecular formula is C4H10FNO2S2. The molecule has 0 saturated carbocycles.